The first-order valence-electron chi connectivity index (χ1n) is 6.66. The summed E-state index contributed by atoms with van der Waals surface area (Å²) in [5.74, 6) is 1.63. The van der Waals surface area contributed by atoms with Gasteiger partial charge in [0.15, 0.2) is 0 Å². The summed E-state index contributed by atoms with van der Waals surface area (Å²) in [7, 11) is 0. The van der Waals surface area contributed by atoms with Crippen molar-refractivity contribution in [1.29, 1.82) is 0 Å². The van der Waals surface area contributed by atoms with Crippen molar-refractivity contribution < 1.29 is 0 Å². The van der Waals surface area contributed by atoms with E-state index in [2.05, 4.69) is 58.6 Å². The molecule has 0 aliphatic heterocycles. The molecule has 2 fully saturated rings. The van der Waals surface area contributed by atoms with Crippen LogP contribution in [0, 0.1) is 20.3 Å². The average molecular weight is 357 g/mol. The molecule has 4 heteroatoms. The van der Waals surface area contributed by atoms with Crippen LogP contribution in [0.2, 0.25) is 0 Å². The fourth-order valence-electron chi connectivity index (χ4n) is 4.18. The molecule has 0 spiro atoms. The SMILES string of the molecule is CC12CCC(C1)C(C)(C)C2Nc1ncc(I)cn1. The monoisotopic (exact) mass is 357 g/mol. The number of rotatable bonds is 2. The van der Waals surface area contributed by atoms with E-state index in [1.807, 2.05) is 12.4 Å². The van der Waals surface area contributed by atoms with Crippen molar-refractivity contribution in [2.45, 2.75) is 46.1 Å². The molecule has 18 heavy (non-hydrogen) atoms. The highest BCUT2D eigenvalue weighted by Crippen LogP contribution is 2.62. The van der Waals surface area contributed by atoms with Crippen LogP contribution in [0.1, 0.15) is 40.0 Å². The molecule has 1 N–H and O–H groups in total. The van der Waals surface area contributed by atoms with E-state index in [1.165, 1.54) is 19.3 Å². The molecule has 1 heterocycles. The highest BCUT2D eigenvalue weighted by atomic mass is 127. The Bertz CT molecular complexity index is 452. The fraction of sp³-hybridized carbons (Fsp3) is 0.714. The topological polar surface area (TPSA) is 37.8 Å². The molecule has 2 aliphatic rings. The molecule has 1 aromatic rings. The second-order valence-electron chi connectivity index (χ2n) is 6.72. The number of aromatic nitrogens is 2. The van der Waals surface area contributed by atoms with Crippen molar-refractivity contribution in [3.8, 4) is 0 Å². The minimum Gasteiger partial charge on any atom is -0.350 e. The van der Waals surface area contributed by atoms with Gasteiger partial charge in [0.1, 0.15) is 0 Å². The summed E-state index contributed by atoms with van der Waals surface area (Å²) in [6, 6.07) is 0.490. The molecular weight excluding hydrogens is 337 g/mol. The molecule has 0 saturated heterocycles. The van der Waals surface area contributed by atoms with Gasteiger partial charge in [-0.05, 0) is 58.6 Å². The third kappa shape index (κ3) is 1.84. The van der Waals surface area contributed by atoms with Gasteiger partial charge < -0.3 is 5.32 Å². The lowest BCUT2D eigenvalue weighted by Gasteiger charge is -2.43. The van der Waals surface area contributed by atoms with Crippen molar-refractivity contribution in [2.24, 2.45) is 16.7 Å². The Labute approximate surface area is 122 Å². The fourth-order valence-corrected chi connectivity index (χ4v) is 4.46. The standard InChI is InChI=1S/C14H20IN3/c1-13(2)9-4-5-14(3,6-9)11(13)18-12-16-7-10(15)8-17-12/h7-9,11H,4-6H2,1-3H3,(H,16,17,18). The quantitative estimate of drug-likeness (QED) is 0.820. The third-order valence-electron chi connectivity index (χ3n) is 5.16. The number of nitrogens with zero attached hydrogens (tertiary/aromatic N) is 2. The maximum atomic E-state index is 4.39. The van der Waals surface area contributed by atoms with Gasteiger partial charge in [-0.2, -0.15) is 0 Å². The number of nitrogens with one attached hydrogen (secondary N) is 1. The molecule has 0 amide bonds. The van der Waals surface area contributed by atoms with E-state index >= 15 is 0 Å². The summed E-state index contributed by atoms with van der Waals surface area (Å²) in [5, 5.41) is 3.60. The summed E-state index contributed by atoms with van der Waals surface area (Å²) in [4.78, 5) is 8.78. The first kappa shape index (κ1) is 12.6. The van der Waals surface area contributed by atoms with Gasteiger partial charge in [-0.25, -0.2) is 9.97 Å². The molecular formula is C14H20IN3. The lowest BCUT2D eigenvalue weighted by Crippen LogP contribution is -2.46. The van der Waals surface area contributed by atoms with Crippen molar-refractivity contribution in [2.75, 3.05) is 5.32 Å². The van der Waals surface area contributed by atoms with Gasteiger partial charge in [0.05, 0.1) is 0 Å². The Balaban J connectivity index is 1.86. The predicted octanol–water partition coefficient (Wildman–Crippen LogP) is 3.71. The van der Waals surface area contributed by atoms with Crippen molar-refractivity contribution in [3.63, 3.8) is 0 Å². The van der Waals surface area contributed by atoms with Crippen LogP contribution in [0.4, 0.5) is 5.95 Å². The van der Waals surface area contributed by atoms with Gasteiger partial charge in [-0.15, -0.1) is 0 Å². The first-order valence-corrected chi connectivity index (χ1v) is 7.74. The molecule has 3 nitrogen and oxygen atoms in total. The van der Waals surface area contributed by atoms with Crippen molar-refractivity contribution in [1.82, 2.24) is 9.97 Å². The number of hydrogen-bond acceptors (Lipinski definition) is 3. The maximum Gasteiger partial charge on any atom is 0.222 e. The normalized spacial score (nSPS) is 36.9. The Morgan fingerprint density at radius 3 is 2.50 bits per heavy atom. The van der Waals surface area contributed by atoms with Crippen LogP contribution in [0.15, 0.2) is 12.4 Å². The number of halogens is 1. The molecule has 3 unspecified atom stereocenters. The highest BCUT2D eigenvalue weighted by molar-refractivity contribution is 14.1. The second kappa shape index (κ2) is 4.05. The predicted molar refractivity (Wildman–Crippen MR) is 81.4 cm³/mol. The third-order valence-corrected chi connectivity index (χ3v) is 5.72. The van der Waals surface area contributed by atoms with E-state index in [1.54, 1.807) is 0 Å². The zero-order valence-electron chi connectivity index (χ0n) is 11.2. The summed E-state index contributed by atoms with van der Waals surface area (Å²) in [6.45, 7) is 7.21. The zero-order chi connectivity index (χ0) is 13.0. The van der Waals surface area contributed by atoms with E-state index in [0.717, 1.165) is 15.4 Å². The van der Waals surface area contributed by atoms with E-state index in [4.69, 9.17) is 0 Å². The van der Waals surface area contributed by atoms with Crippen molar-refractivity contribution >= 4 is 28.5 Å². The summed E-state index contributed by atoms with van der Waals surface area (Å²) < 4.78 is 1.08. The van der Waals surface area contributed by atoms with E-state index in [0.29, 0.717) is 16.9 Å². The van der Waals surface area contributed by atoms with Crippen LogP contribution >= 0.6 is 22.6 Å². The van der Waals surface area contributed by atoms with E-state index < -0.39 is 0 Å². The Hall–Kier alpha value is -0.390. The van der Waals surface area contributed by atoms with Crippen molar-refractivity contribution in [3.05, 3.63) is 16.0 Å². The first-order chi connectivity index (χ1) is 8.42. The van der Waals surface area contributed by atoms with Gasteiger partial charge in [-0.1, -0.05) is 20.8 Å². The molecule has 1 aromatic heterocycles. The maximum absolute atomic E-state index is 4.39. The Kier molecular flexibility index (Phi) is 2.84. The number of hydrogen-bond donors (Lipinski definition) is 1. The highest BCUT2D eigenvalue weighted by Gasteiger charge is 2.59. The van der Waals surface area contributed by atoms with Gasteiger partial charge >= 0.3 is 0 Å². The number of anilines is 1. The van der Waals surface area contributed by atoms with Gasteiger partial charge in [0, 0.05) is 22.0 Å². The minimum atomic E-state index is 0.347. The average Bonchev–Trinajstić information content (AvgIpc) is 2.78. The molecule has 2 aliphatic carbocycles. The molecule has 2 saturated carbocycles. The van der Waals surface area contributed by atoms with Crippen LogP contribution < -0.4 is 5.32 Å². The lowest BCUT2D eigenvalue weighted by atomic mass is 9.68. The minimum absolute atomic E-state index is 0.347. The van der Waals surface area contributed by atoms with Gasteiger partial charge in [0.2, 0.25) is 5.95 Å². The van der Waals surface area contributed by atoms with E-state index in [-0.39, 0.29) is 0 Å². The number of fused-ring (bicyclic) bond motifs is 2. The largest absolute Gasteiger partial charge is 0.350 e. The van der Waals surface area contributed by atoms with Crippen LogP contribution in [-0.4, -0.2) is 16.0 Å². The smallest absolute Gasteiger partial charge is 0.222 e. The van der Waals surface area contributed by atoms with Crippen LogP contribution in [0.3, 0.4) is 0 Å². The van der Waals surface area contributed by atoms with Gasteiger partial charge in [-0.3, -0.25) is 0 Å². The Morgan fingerprint density at radius 2 is 1.94 bits per heavy atom. The summed E-state index contributed by atoms with van der Waals surface area (Å²) in [6.07, 6.45) is 7.82. The molecule has 0 radical (unpaired) electrons. The van der Waals surface area contributed by atoms with E-state index in [9.17, 15) is 0 Å². The van der Waals surface area contributed by atoms with Crippen LogP contribution in [-0.2, 0) is 0 Å². The van der Waals surface area contributed by atoms with Crippen LogP contribution in [0.5, 0.6) is 0 Å². The summed E-state index contributed by atoms with van der Waals surface area (Å²) >= 11 is 2.24. The summed E-state index contributed by atoms with van der Waals surface area (Å²) in [5.41, 5.74) is 0.764. The molecule has 3 rings (SSSR count). The second-order valence-corrected chi connectivity index (χ2v) is 7.96. The molecule has 2 bridgehead atoms. The Morgan fingerprint density at radius 1 is 1.28 bits per heavy atom. The lowest BCUT2D eigenvalue weighted by molar-refractivity contribution is 0.155. The molecule has 3 atom stereocenters. The van der Waals surface area contributed by atoms with Crippen LogP contribution in [0.25, 0.3) is 0 Å². The zero-order valence-corrected chi connectivity index (χ0v) is 13.4. The molecule has 98 valence electrons. The van der Waals surface area contributed by atoms with Gasteiger partial charge in [0.25, 0.3) is 0 Å². The molecule has 0 aromatic carbocycles.